The van der Waals surface area contributed by atoms with Crippen molar-refractivity contribution < 1.29 is 9.59 Å². The summed E-state index contributed by atoms with van der Waals surface area (Å²) < 4.78 is 0. The maximum Gasteiger partial charge on any atom is 0.315 e. The molecule has 0 aliphatic carbocycles. The predicted molar refractivity (Wildman–Crippen MR) is 113 cm³/mol. The van der Waals surface area contributed by atoms with Crippen LogP contribution in [0.25, 0.3) is 0 Å². The smallest absolute Gasteiger partial charge is 0.315 e. The van der Waals surface area contributed by atoms with Crippen LogP contribution in [-0.2, 0) is 11.3 Å². The van der Waals surface area contributed by atoms with E-state index in [1.807, 2.05) is 42.5 Å². The molecule has 28 heavy (non-hydrogen) atoms. The average molecular weight is 423 g/mol. The van der Waals surface area contributed by atoms with Crippen LogP contribution in [0.4, 0.5) is 4.79 Å². The lowest BCUT2D eigenvalue weighted by atomic mass is 9.95. The van der Waals surface area contributed by atoms with Crippen LogP contribution >= 0.6 is 24.0 Å². The Bertz CT molecular complexity index is 787. The van der Waals surface area contributed by atoms with Gasteiger partial charge in [-0.3, -0.25) is 4.79 Å². The third-order valence-corrected chi connectivity index (χ3v) is 4.96. The quantitative estimate of drug-likeness (QED) is 0.691. The molecule has 1 aliphatic rings. The largest absolute Gasteiger partial charge is 0.339 e. The number of carbonyl (C=O) groups is 2. The Morgan fingerprint density at radius 1 is 1.04 bits per heavy atom. The summed E-state index contributed by atoms with van der Waals surface area (Å²) in [6.45, 7) is 1.37. The number of nitrogens with one attached hydrogen (secondary N) is 2. The third-order valence-electron chi connectivity index (χ3n) is 4.71. The first-order valence-corrected chi connectivity index (χ1v) is 9.25. The van der Waals surface area contributed by atoms with Gasteiger partial charge in [0.15, 0.2) is 0 Å². The van der Waals surface area contributed by atoms with Crippen molar-refractivity contribution in [3.05, 3.63) is 70.7 Å². The van der Waals surface area contributed by atoms with Crippen molar-refractivity contribution in [3.8, 4) is 0 Å². The Morgan fingerprint density at radius 2 is 1.71 bits per heavy atom. The van der Waals surface area contributed by atoms with Gasteiger partial charge in [-0.1, -0.05) is 54.1 Å². The van der Waals surface area contributed by atoms with E-state index in [2.05, 4.69) is 10.6 Å². The van der Waals surface area contributed by atoms with E-state index in [0.717, 1.165) is 11.1 Å². The van der Waals surface area contributed by atoms with Gasteiger partial charge in [0, 0.05) is 36.6 Å². The molecule has 6 nitrogen and oxygen atoms in total. The summed E-state index contributed by atoms with van der Waals surface area (Å²) in [5, 5.41) is 5.97. The molecule has 3 rings (SSSR count). The number of rotatable bonds is 5. The lowest BCUT2D eigenvalue weighted by Crippen LogP contribution is -2.43. The van der Waals surface area contributed by atoms with E-state index < -0.39 is 0 Å². The van der Waals surface area contributed by atoms with Crippen LogP contribution in [0.1, 0.15) is 17.0 Å². The van der Waals surface area contributed by atoms with E-state index in [1.165, 1.54) is 0 Å². The average Bonchev–Trinajstić information content (AvgIpc) is 3.08. The van der Waals surface area contributed by atoms with Gasteiger partial charge in [0.1, 0.15) is 0 Å². The van der Waals surface area contributed by atoms with E-state index in [0.29, 0.717) is 24.7 Å². The zero-order valence-electron chi connectivity index (χ0n) is 15.3. The van der Waals surface area contributed by atoms with Crippen molar-refractivity contribution in [2.75, 3.05) is 19.6 Å². The van der Waals surface area contributed by atoms with Gasteiger partial charge in [0.25, 0.3) is 0 Å². The van der Waals surface area contributed by atoms with E-state index >= 15 is 0 Å². The van der Waals surface area contributed by atoms with Crippen LogP contribution < -0.4 is 16.4 Å². The molecule has 0 spiro atoms. The second-order valence-electron chi connectivity index (χ2n) is 6.64. The molecule has 0 radical (unpaired) electrons. The van der Waals surface area contributed by atoms with Crippen molar-refractivity contribution >= 4 is 35.9 Å². The number of nitrogens with zero attached hydrogens (tertiary/aromatic N) is 1. The molecule has 0 unspecified atom stereocenters. The van der Waals surface area contributed by atoms with Crippen molar-refractivity contribution in [1.29, 1.82) is 0 Å². The first-order chi connectivity index (χ1) is 13.0. The molecule has 1 heterocycles. The molecule has 2 aromatic carbocycles. The second-order valence-corrected chi connectivity index (χ2v) is 7.08. The minimum absolute atomic E-state index is 0. The van der Waals surface area contributed by atoms with Crippen LogP contribution in [0.5, 0.6) is 0 Å². The first kappa shape index (κ1) is 22.0. The fourth-order valence-electron chi connectivity index (χ4n) is 3.20. The summed E-state index contributed by atoms with van der Waals surface area (Å²) in [6, 6.07) is 16.7. The number of nitrogens with two attached hydrogens (primary N) is 1. The van der Waals surface area contributed by atoms with E-state index in [4.69, 9.17) is 17.3 Å². The molecule has 4 N–H and O–H groups in total. The van der Waals surface area contributed by atoms with Gasteiger partial charge >= 0.3 is 6.03 Å². The van der Waals surface area contributed by atoms with Gasteiger partial charge in [-0.2, -0.15) is 0 Å². The molecule has 1 fully saturated rings. The summed E-state index contributed by atoms with van der Waals surface area (Å²) >= 11 is 5.83. The van der Waals surface area contributed by atoms with Crippen LogP contribution in [0.15, 0.2) is 54.6 Å². The molecular weight excluding hydrogens is 399 g/mol. The molecule has 1 saturated heterocycles. The fourth-order valence-corrected chi connectivity index (χ4v) is 3.33. The molecule has 0 saturated carbocycles. The van der Waals surface area contributed by atoms with Gasteiger partial charge in [-0.15, -0.1) is 12.4 Å². The number of halogens is 2. The summed E-state index contributed by atoms with van der Waals surface area (Å²) in [5.74, 6) is -0.0144. The van der Waals surface area contributed by atoms with Gasteiger partial charge in [-0.05, 0) is 23.3 Å². The molecular formula is C20H24Cl2N4O2. The van der Waals surface area contributed by atoms with Gasteiger partial charge in [-0.25, -0.2) is 4.79 Å². The molecule has 8 heteroatoms. The Labute approximate surface area is 175 Å². The van der Waals surface area contributed by atoms with Crippen LogP contribution in [0, 0.1) is 0 Å². The van der Waals surface area contributed by atoms with Crippen LogP contribution in [0.3, 0.4) is 0 Å². The number of urea groups is 1. The highest BCUT2D eigenvalue weighted by molar-refractivity contribution is 6.30. The van der Waals surface area contributed by atoms with E-state index in [1.54, 1.807) is 17.0 Å². The summed E-state index contributed by atoms with van der Waals surface area (Å²) in [6.07, 6.45) is 0. The Kier molecular flexibility index (Phi) is 8.11. The van der Waals surface area contributed by atoms with E-state index in [9.17, 15) is 9.59 Å². The molecule has 0 aromatic heterocycles. The zero-order chi connectivity index (χ0) is 19.2. The number of carbonyl (C=O) groups excluding carboxylic acids is 2. The maximum absolute atomic E-state index is 12.4. The minimum Gasteiger partial charge on any atom is -0.339 e. The van der Waals surface area contributed by atoms with Gasteiger partial charge in [0.2, 0.25) is 5.91 Å². The SMILES string of the molecule is Cl.N[C@@H]1CN(C(=O)CNC(=O)NCc2ccc(Cl)cc2)C[C@H]1c1ccccc1. The van der Waals surface area contributed by atoms with Crippen molar-refractivity contribution in [3.63, 3.8) is 0 Å². The maximum atomic E-state index is 12.4. The molecule has 2 aromatic rings. The number of hydrogen-bond acceptors (Lipinski definition) is 3. The van der Waals surface area contributed by atoms with Crippen molar-refractivity contribution in [1.82, 2.24) is 15.5 Å². The highest BCUT2D eigenvalue weighted by atomic mass is 35.5. The van der Waals surface area contributed by atoms with Crippen LogP contribution in [0.2, 0.25) is 5.02 Å². The summed E-state index contributed by atoms with van der Waals surface area (Å²) in [4.78, 5) is 26.0. The van der Waals surface area contributed by atoms with Gasteiger partial charge < -0.3 is 21.3 Å². The zero-order valence-corrected chi connectivity index (χ0v) is 16.9. The lowest BCUT2D eigenvalue weighted by Gasteiger charge is -2.17. The Hall–Kier alpha value is -2.28. The van der Waals surface area contributed by atoms with Crippen molar-refractivity contribution in [2.24, 2.45) is 5.73 Å². The topological polar surface area (TPSA) is 87.5 Å². The number of likely N-dealkylation sites (tertiary alicyclic amines) is 1. The highest BCUT2D eigenvalue weighted by Crippen LogP contribution is 2.26. The lowest BCUT2D eigenvalue weighted by molar-refractivity contribution is -0.129. The minimum atomic E-state index is -0.388. The number of amides is 3. The standard InChI is InChI=1S/C20H23ClN4O2.ClH/c21-16-8-6-14(7-9-16)10-23-20(27)24-11-19(26)25-12-17(18(22)13-25)15-4-2-1-3-5-15;/h1-9,17-18H,10-13,22H2,(H2,23,24,27);1H/t17-,18+;/m0./s1. The number of hydrogen-bond donors (Lipinski definition) is 3. The highest BCUT2D eigenvalue weighted by Gasteiger charge is 2.33. The monoisotopic (exact) mass is 422 g/mol. The molecule has 3 amide bonds. The second kappa shape index (κ2) is 10.3. The molecule has 2 atom stereocenters. The fraction of sp³-hybridized carbons (Fsp3) is 0.300. The predicted octanol–water partition coefficient (Wildman–Crippen LogP) is 2.51. The summed E-state index contributed by atoms with van der Waals surface area (Å²) in [5.41, 5.74) is 8.28. The van der Waals surface area contributed by atoms with Crippen LogP contribution in [-0.4, -0.2) is 42.5 Å². The molecule has 0 bridgehead atoms. The normalized spacial score (nSPS) is 18.3. The summed E-state index contributed by atoms with van der Waals surface area (Å²) in [7, 11) is 0. The Balaban J connectivity index is 0.00000280. The first-order valence-electron chi connectivity index (χ1n) is 8.87. The third kappa shape index (κ3) is 5.86. The molecule has 1 aliphatic heterocycles. The number of benzene rings is 2. The van der Waals surface area contributed by atoms with E-state index in [-0.39, 0.29) is 42.8 Å². The van der Waals surface area contributed by atoms with Gasteiger partial charge in [0.05, 0.1) is 6.54 Å². The molecule has 150 valence electrons. The van der Waals surface area contributed by atoms with Crippen molar-refractivity contribution in [2.45, 2.75) is 18.5 Å². The Morgan fingerprint density at radius 3 is 2.39 bits per heavy atom.